The van der Waals surface area contributed by atoms with Crippen molar-refractivity contribution < 1.29 is 14.9 Å². The normalized spacial score (nSPS) is 20.3. The summed E-state index contributed by atoms with van der Waals surface area (Å²) in [5.41, 5.74) is 2.58. The molecule has 0 amide bonds. The van der Waals surface area contributed by atoms with E-state index in [1.807, 2.05) is 12.1 Å². The van der Waals surface area contributed by atoms with Crippen molar-refractivity contribution in [1.82, 2.24) is 0 Å². The maximum absolute atomic E-state index is 9.30. The molecular weight excluding hydrogens is 155 g/mol. The Labute approximate surface area is 70.9 Å². The number of benzene rings is 1. The van der Waals surface area contributed by atoms with Crippen LogP contribution in [0.25, 0.3) is 0 Å². The number of hydrogen-bond acceptors (Lipinski definition) is 3. The predicted molar refractivity (Wildman–Crippen MR) is 45.2 cm³/mol. The summed E-state index contributed by atoms with van der Waals surface area (Å²) in [6, 6.07) is 5.48. The molecule has 0 spiro atoms. The van der Waals surface area contributed by atoms with E-state index in [0.717, 1.165) is 16.6 Å². The van der Waals surface area contributed by atoms with Gasteiger partial charge >= 0.3 is 7.48 Å². The molecule has 0 aromatic heterocycles. The molecule has 4 heteroatoms. The van der Waals surface area contributed by atoms with E-state index >= 15 is 0 Å². The summed E-state index contributed by atoms with van der Waals surface area (Å²) < 4.78 is 5.00. The summed E-state index contributed by atoms with van der Waals surface area (Å²) in [6.07, 6.45) is -0.813. The first-order valence-electron chi connectivity index (χ1n) is 3.83. The Morgan fingerprint density at radius 1 is 1.50 bits per heavy atom. The first kappa shape index (κ1) is 7.80. The first-order valence-corrected chi connectivity index (χ1v) is 3.83. The van der Waals surface area contributed by atoms with Gasteiger partial charge in [0, 0.05) is 5.56 Å². The van der Waals surface area contributed by atoms with E-state index in [1.54, 1.807) is 6.07 Å². The molecule has 1 aliphatic heterocycles. The summed E-state index contributed by atoms with van der Waals surface area (Å²) in [4.78, 5) is 0. The second-order valence-electron chi connectivity index (χ2n) is 2.85. The molecule has 0 radical (unpaired) electrons. The number of aliphatic hydroxyl groups excluding tert-OH is 2. The molecule has 1 heterocycles. The molecule has 1 aromatic rings. The Balaban J connectivity index is 2.43. The van der Waals surface area contributed by atoms with Gasteiger partial charge in [0.15, 0.2) is 6.29 Å². The van der Waals surface area contributed by atoms with Crippen LogP contribution in [0.5, 0.6) is 0 Å². The number of fused-ring (bicyclic) bond motifs is 1. The third kappa shape index (κ3) is 1.14. The minimum absolute atomic E-state index is 0.000000000000000222. The summed E-state index contributed by atoms with van der Waals surface area (Å²) in [6.45, 7) is -0.000000000000000222. The van der Waals surface area contributed by atoms with E-state index < -0.39 is 6.29 Å². The fraction of sp³-hybridized carbons (Fsp3) is 0.250. The van der Waals surface area contributed by atoms with Gasteiger partial charge in [-0.25, -0.2) is 0 Å². The lowest BCUT2D eigenvalue weighted by molar-refractivity contribution is -0.00802. The van der Waals surface area contributed by atoms with Crippen molar-refractivity contribution in [3.63, 3.8) is 0 Å². The fourth-order valence-electron chi connectivity index (χ4n) is 1.36. The molecule has 0 saturated heterocycles. The van der Waals surface area contributed by atoms with Crippen molar-refractivity contribution in [2.75, 3.05) is 0 Å². The van der Waals surface area contributed by atoms with E-state index in [1.165, 1.54) is 0 Å². The minimum Gasteiger partial charge on any atom is -0.408 e. The number of rotatable bonds is 1. The Morgan fingerprint density at radius 3 is 3.08 bits per heavy atom. The van der Waals surface area contributed by atoms with Gasteiger partial charge < -0.3 is 14.9 Å². The molecule has 1 atom stereocenters. The zero-order valence-electron chi connectivity index (χ0n) is 6.53. The Kier molecular flexibility index (Phi) is 1.88. The zero-order chi connectivity index (χ0) is 8.55. The van der Waals surface area contributed by atoms with Crippen molar-refractivity contribution in [2.24, 2.45) is 0 Å². The molecule has 2 rings (SSSR count). The van der Waals surface area contributed by atoms with Crippen molar-refractivity contribution in [3.8, 4) is 0 Å². The molecular formula is C8H9BO3. The van der Waals surface area contributed by atoms with Crippen molar-refractivity contribution in [3.05, 3.63) is 29.3 Å². The summed E-state index contributed by atoms with van der Waals surface area (Å²) in [7, 11) is 0.461. The topological polar surface area (TPSA) is 49.7 Å². The van der Waals surface area contributed by atoms with Gasteiger partial charge in [-0.3, -0.25) is 0 Å². The molecule has 62 valence electrons. The highest BCUT2D eigenvalue weighted by Crippen LogP contribution is 2.18. The smallest absolute Gasteiger partial charge is 0.312 e. The van der Waals surface area contributed by atoms with E-state index in [9.17, 15) is 5.11 Å². The maximum atomic E-state index is 9.30. The van der Waals surface area contributed by atoms with Crippen LogP contribution in [0.15, 0.2) is 18.2 Å². The summed E-state index contributed by atoms with van der Waals surface area (Å²) in [5, 5.41) is 18.1. The van der Waals surface area contributed by atoms with Gasteiger partial charge in [-0.15, -0.1) is 0 Å². The molecule has 1 unspecified atom stereocenters. The Morgan fingerprint density at radius 2 is 2.33 bits per heavy atom. The van der Waals surface area contributed by atoms with Gasteiger partial charge in [-0.1, -0.05) is 12.1 Å². The van der Waals surface area contributed by atoms with Crippen LogP contribution in [0.3, 0.4) is 0 Å². The maximum Gasteiger partial charge on any atom is 0.312 e. The van der Waals surface area contributed by atoms with Gasteiger partial charge in [-0.05, 0) is 17.1 Å². The average Bonchev–Trinajstić information content (AvgIpc) is 2.47. The summed E-state index contributed by atoms with van der Waals surface area (Å²) >= 11 is 0. The van der Waals surface area contributed by atoms with Gasteiger partial charge in [0.2, 0.25) is 0 Å². The Hall–Kier alpha value is -0.835. The lowest BCUT2D eigenvalue weighted by Gasteiger charge is -2.04. The Bertz CT molecular complexity index is 300. The summed E-state index contributed by atoms with van der Waals surface area (Å²) in [5.74, 6) is 0. The minimum atomic E-state index is -0.813. The highest BCUT2D eigenvalue weighted by atomic mass is 16.6. The van der Waals surface area contributed by atoms with Gasteiger partial charge in [0.1, 0.15) is 0 Å². The van der Waals surface area contributed by atoms with Crippen LogP contribution in [0.4, 0.5) is 0 Å². The first-order chi connectivity index (χ1) is 5.81. The van der Waals surface area contributed by atoms with Crippen LogP contribution in [-0.2, 0) is 11.3 Å². The monoisotopic (exact) mass is 164 g/mol. The fourth-order valence-corrected chi connectivity index (χ4v) is 1.36. The van der Waals surface area contributed by atoms with Crippen LogP contribution >= 0.6 is 0 Å². The molecule has 3 nitrogen and oxygen atoms in total. The highest BCUT2D eigenvalue weighted by Gasteiger charge is 2.21. The molecule has 0 aliphatic carbocycles. The van der Waals surface area contributed by atoms with Crippen LogP contribution in [0.1, 0.15) is 17.4 Å². The van der Waals surface area contributed by atoms with Gasteiger partial charge in [0.25, 0.3) is 0 Å². The van der Waals surface area contributed by atoms with Crippen LogP contribution in [-0.4, -0.2) is 17.7 Å². The van der Waals surface area contributed by atoms with E-state index in [4.69, 9.17) is 9.76 Å². The van der Waals surface area contributed by atoms with E-state index in [0.29, 0.717) is 7.48 Å². The molecule has 0 fully saturated rings. The third-order valence-electron chi connectivity index (χ3n) is 2.06. The second kappa shape index (κ2) is 2.90. The van der Waals surface area contributed by atoms with Gasteiger partial charge in [0.05, 0.1) is 6.61 Å². The van der Waals surface area contributed by atoms with Crippen molar-refractivity contribution >= 4 is 12.9 Å². The SMILES string of the molecule is OCc1ccc2c(c1)C(O)OB2. The second-order valence-corrected chi connectivity index (χ2v) is 2.85. The standard InChI is InChI=1S/C8H9BO3/c10-4-5-1-2-7-6(3-5)8(11)12-9-7/h1-3,8-11H,4H2. The largest absolute Gasteiger partial charge is 0.408 e. The van der Waals surface area contributed by atoms with Crippen LogP contribution in [0, 0.1) is 0 Å². The lowest BCUT2D eigenvalue weighted by Crippen LogP contribution is -2.11. The van der Waals surface area contributed by atoms with Gasteiger partial charge in [-0.2, -0.15) is 0 Å². The molecule has 0 saturated carbocycles. The molecule has 12 heavy (non-hydrogen) atoms. The zero-order valence-corrected chi connectivity index (χ0v) is 6.53. The quantitative estimate of drug-likeness (QED) is 0.533. The van der Waals surface area contributed by atoms with E-state index in [2.05, 4.69) is 0 Å². The average molecular weight is 164 g/mol. The highest BCUT2D eigenvalue weighted by molar-refractivity contribution is 6.49. The molecule has 1 aliphatic rings. The lowest BCUT2D eigenvalue weighted by atomic mass is 9.86. The predicted octanol–water partition coefficient (Wildman–Crippen LogP) is -0.823. The van der Waals surface area contributed by atoms with Crippen LogP contribution < -0.4 is 5.46 Å². The number of aliphatic hydroxyl groups is 2. The molecule has 1 aromatic carbocycles. The molecule has 0 bridgehead atoms. The van der Waals surface area contributed by atoms with Crippen molar-refractivity contribution in [1.29, 1.82) is 0 Å². The third-order valence-corrected chi connectivity index (χ3v) is 2.06. The number of hydrogen-bond donors (Lipinski definition) is 2. The van der Waals surface area contributed by atoms with Crippen molar-refractivity contribution in [2.45, 2.75) is 12.9 Å². The van der Waals surface area contributed by atoms with E-state index in [-0.39, 0.29) is 6.61 Å². The molecule has 2 N–H and O–H groups in total. The van der Waals surface area contributed by atoms with Crippen LogP contribution in [0.2, 0.25) is 0 Å².